The zero-order valence-electron chi connectivity index (χ0n) is 8.82. The molecule has 0 aliphatic rings. The Balaban J connectivity index is 2.64. The van der Waals surface area contributed by atoms with Gasteiger partial charge in [-0.15, -0.1) is 0 Å². The number of ether oxygens (including phenoxy) is 1. The molecule has 0 aliphatic carbocycles. The maximum Gasteiger partial charge on any atom is 0.240 e. The normalized spacial score (nSPS) is 10.3. The van der Waals surface area contributed by atoms with Crippen molar-refractivity contribution in [2.24, 2.45) is 0 Å². The lowest BCUT2D eigenvalue weighted by Crippen LogP contribution is -1.94. The van der Waals surface area contributed by atoms with Crippen LogP contribution in [0.4, 0.5) is 0 Å². The SMILES string of the molecule is COc1nccnc1-c1cc(Cl)c(O)cc1Cl. The van der Waals surface area contributed by atoms with Crippen molar-refractivity contribution in [3.63, 3.8) is 0 Å². The molecule has 0 spiro atoms. The second-order valence-electron chi connectivity index (χ2n) is 3.20. The van der Waals surface area contributed by atoms with E-state index in [0.717, 1.165) is 0 Å². The number of aromatic hydroxyl groups is 1. The molecule has 88 valence electrons. The third-order valence-corrected chi connectivity index (χ3v) is 2.77. The summed E-state index contributed by atoms with van der Waals surface area (Å²) in [5.41, 5.74) is 1.03. The molecular weight excluding hydrogens is 263 g/mol. The van der Waals surface area contributed by atoms with E-state index in [1.165, 1.54) is 31.6 Å². The van der Waals surface area contributed by atoms with E-state index in [0.29, 0.717) is 22.2 Å². The zero-order chi connectivity index (χ0) is 12.4. The highest BCUT2D eigenvalue weighted by Gasteiger charge is 2.14. The Morgan fingerprint density at radius 3 is 2.53 bits per heavy atom. The molecule has 0 unspecified atom stereocenters. The van der Waals surface area contributed by atoms with Crippen molar-refractivity contribution >= 4 is 23.2 Å². The van der Waals surface area contributed by atoms with Gasteiger partial charge in [-0.1, -0.05) is 23.2 Å². The largest absolute Gasteiger partial charge is 0.506 e. The highest BCUT2D eigenvalue weighted by Crippen LogP contribution is 2.37. The van der Waals surface area contributed by atoms with Gasteiger partial charge in [0.25, 0.3) is 0 Å². The van der Waals surface area contributed by atoms with E-state index >= 15 is 0 Å². The Hall–Kier alpha value is -1.52. The van der Waals surface area contributed by atoms with Gasteiger partial charge < -0.3 is 9.84 Å². The van der Waals surface area contributed by atoms with Crippen LogP contribution in [-0.2, 0) is 0 Å². The van der Waals surface area contributed by atoms with Gasteiger partial charge in [0, 0.05) is 24.0 Å². The lowest BCUT2D eigenvalue weighted by Gasteiger charge is -2.08. The molecule has 1 heterocycles. The number of aromatic nitrogens is 2. The summed E-state index contributed by atoms with van der Waals surface area (Å²) >= 11 is 11.9. The van der Waals surface area contributed by atoms with Gasteiger partial charge in [-0.25, -0.2) is 9.97 Å². The molecule has 0 saturated carbocycles. The summed E-state index contributed by atoms with van der Waals surface area (Å²) in [4.78, 5) is 8.16. The number of methoxy groups -OCH3 is 1. The van der Waals surface area contributed by atoms with Crippen molar-refractivity contribution in [2.75, 3.05) is 7.11 Å². The summed E-state index contributed by atoms with van der Waals surface area (Å²) in [6.07, 6.45) is 3.03. The van der Waals surface area contributed by atoms with Crippen LogP contribution in [0.15, 0.2) is 24.5 Å². The summed E-state index contributed by atoms with van der Waals surface area (Å²) in [6, 6.07) is 2.87. The van der Waals surface area contributed by atoms with E-state index in [2.05, 4.69) is 9.97 Å². The van der Waals surface area contributed by atoms with E-state index in [9.17, 15) is 5.11 Å². The Labute approximate surface area is 108 Å². The average molecular weight is 271 g/mol. The number of halogens is 2. The van der Waals surface area contributed by atoms with Crippen LogP contribution in [0, 0.1) is 0 Å². The van der Waals surface area contributed by atoms with Gasteiger partial charge in [-0.3, -0.25) is 0 Å². The van der Waals surface area contributed by atoms with Gasteiger partial charge >= 0.3 is 0 Å². The summed E-state index contributed by atoms with van der Waals surface area (Å²) in [5.74, 6) is 0.263. The summed E-state index contributed by atoms with van der Waals surface area (Å²) in [7, 11) is 1.49. The topological polar surface area (TPSA) is 55.2 Å². The van der Waals surface area contributed by atoms with Gasteiger partial charge in [0.1, 0.15) is 11.4 Å². The predicted octanol–water partition coefficient (Wildman–Crippen LogP) is 3.16. The molecule has 1 aromatic carbocycles. The minimum absolute atomic E-state index is 0.0803. The first-order valence-electron chi connectivity index (χ1n) is 4.67. The van der Waals surface area contributed by atoms with Crippen molar-refractivity contribution in [1.29, 1.82) is 0 Å². The van der Waals surface area contributed by atoms with Crippen LogP contribution in [-0.4, -0.2) is 22.2 Å². The lowest BCUT2D eigenvalue weighted by atomic mass is 10.1. The molecule has 4 nitrogen and oxygen atoms in total. The summed E-state index contributed by atoms with van der Waals surface area (Å²) in [5, 5.41) is 9.93. The van der Waals surface area contributed by atoms with Gasteiger partial charge in [0.05, 0.1) is 17.2 Å². The molecule has 0 radical (unpaired) electrons. The van der Waals surface area contributed by atoms with E-state index in [-0.39, 0.29) is 10.8 Å². The van der Waals surface area contributed by atoms with Crippen LogP contribution in [0.5, 0.6) is 11.6 Å². The number of phenolic OH excluding ortho intramolecular Hbond substituents is 1. The minimum atomic E-state index is -0.0803. The Morgan fingerprint density at radius 1 is 1.12 bits per heavy atom. The standard InChI is InChI=1S/C11H8Cl2N2O2/c1-17-11-10(14-2-3-15-11)6-4-8(13)9(16)5-7(6)12/h2-5,16H,1H3. The zero-order valence-corrected chi connectivity index (χ0v) is 10.3. The number of hydrogen-bond acceptors (Lipinski definition) is 4. The van der Waals surface area contributed by atoms with E-state index in [1.54, 1.807) is 0 Å². The third-order valence-electron chi connectivity index (χ3n) is 2.15. The second kappa shape index (κ2) is 4.77. The number of phenols is 1. The summed E-state index contributed by atoms with van der Waals surface area (Å²) in [6.45, 7) is 0. The Kier molecular flexibility index (Phi) is 3.36. The van der Waals surface area contributed by atoms with Gasteiger partial charge in [0.15, 0.2) is 0 Å². The van der Waals surface area contributed by atoms with Gasteiger partial charge in [0.2, 0.25) is 5.88 Å². The van der Waals surface area contributed by atoms with Crippen LogP contribution in [0.25, 0.3) is 11.3 Å². The molecule has 2 aromatic rings. The van der Waals surface area contributed by atoms with E-state index < -0.39 is 0 Å². The summed E-state index contributed by atoms with van der Waals surface area (Å²) < 4.78 is 5.09. The van der Waals surface area contributed by atoms with Crippen molar-refractivity contribution < 1.29 is 9.84 Å². The van der Waals surface area contributed by atoms with Crippen molar-refractivity contribution in [1.82, 2.24) is 9.97 Å². The monoisotopic (exact) mass is 270 g/mol. The lowest BCUT2D eigenvalue weighted by molar-refractivity contribution is 0.397. The van der Waals surface area contributed by atoms with E-state index in [1.807, 2.05) is 0 Å². The molecule has 6 heteroatoms. The highest BCUT2D eigenvalue weighted by atomic mass is 35.5. The predicted molar refractivity (Wildman–Crippen MR) is 65.7 cm³/mol. The first-order valence-corrected chi connectivity index (χ1v) is 5.42. The molecular formula is C11H8Cl2N2O2. The number of hydrogen-bond donors (Lipinski definition) is 1. The molecule has 0 amide bonds. The molecule has 0 atom stereocenters. The van der Waals surface area contributed by atoms with Gasteiger partial charge in [-0.05, 0) is 6.07 Å². The fourth-order valence-corrected chi connectivity index (χ4v) is 1.79. The highest BCUT2D eigenvalue weighted by molar-refractivity contribution is 6.36. The smallest absolute Gasteiger partial charge is 0.240 e. The van der Waals surface area contributed by atoms with Crippen molar-refractivity contribution in [3.05, 3.63) is 34.6 Å². The first-order chi connectivity index (χ1) is 8.13. The molecule has 2 rings (SSSR count). The quantitative estimate of drug-likeness (QED) is 0.911. The first kappa shape index (κ1) is 12.0. The fourth-order valence-electron chi connectivity index (χ4n) is 1.38. The number of benzene rings is 1. The van der Waals surface area contributed by atoms with E-state index in [4.69, 9.17) is 27.9 Å². The molecule has 1 aromatic heterocycles. The van der Waals surface area contributed by atoms with Crippen LogP contribution in [0.3, 0.4) is 0 Å². The Morgan fingerprint density at radius 2 is 1.82 bits per heavy atom. The fraction of sp³-hybridized carbons (Fsp3) is 0.0909. The number of rotatable bonds is 2. The maximum atomic E-state index is 9.41. The van der Waals surface area contributed by atoms with Crippen LogP contribution in [0.2, 0.25) is 10.0 Å². The van der Waals surface area contributed by atoms with Crippen LogP contribution >= 0.6 is 23.2 Å². The van der Waals surface area contributed by atoms with Crippen molar-refractivity contribution in [3.8, 4) is 22.9 Å². The molecule has 0 bridgehead atoms. The third kappa shape index (κ3) is 2.28. The molecule has 0 fully saturated rings. The second-order valence-corrected chi connectivity index (χ2v) is 4.01. The Bertz CT molecular complexity index is 561. The number of nitrogens with zero attached hydrogens (tertiary/aromatic N) is 2. The minimum Gasteiger partial charge on any atom is -0.506 e. The van der Waals surface area contributed by atoms with Crippen LogP contribution < -0.4 is 4.74 Å². The van der Waals surface area contributed by atoms with Crippen molar-refractivity contribution in [2.45, 2.75) is 0 Å². The van der Waals surface area contributed by atoms with Gasteiger partial charge in [-0.2, -0.15) is 0 Å². The van der Waals surface area contributed by atoms with Crippen LogP contribution in [0.1, 0.15) is 0 Å². The molecule has 17 heavy (non-hydrogen) atoms. The molecule has 1 N–H and O–H groups in total. The molecule has 0 aliphatic heterocycles. The maximum absolute atomic E-state index is 9.41. The average Bonchev–Trinajstić information content (AvgIpc) is 2.34. The molecule has 0 saturated heterocycles.